The van der Waals surface area contributed by atoms with Crippen LogP contribution in [0.15, 0.2) is 53.4 Å². The van der Waals surface area contributed by atoms with E-state index in [2.05, 4.69) is 54.0 Å². The quantitative estimate of drug-likeness (QED) is 0.735. The highest BCUT2D eigenvalue weighted by Gasteiger charge is 2.12. The molecule has 0 fully saturated rings. The van der Waals surface area contributed by atoms with Crippen molar-refractivity contribution in [3.05, 3.63) is 65.2 Å². The molecule has 1 unspecified atom stereocenters. The molecule has 2 aromatic carbocycles. The topological polar surface area (TPSA) is 34.1 Å². The molecular formula is C17H19BrO2S. The highest BCUT2D eigenvalue weighted by molar-refractivity contribution is 9.09. The summed E-state index contributed by atoms with van der Waals surface area (Å²) in [5.74, 6) is 0.516. The Balaban J connectivity index is 2.25. The minimum absolute atomic E-state index is 0.0623. The van der Waals surface area contributed by atoms with Crippen LogP contribution in [0, 0.1) is 0 Å². The van der Waals surface area contributed by atoms with Crippen LogP contribution in [0.3, 0.4) is 0 Å². The molecule has 0 aromatic heterocycles. The lowest BCUT2D eigenvalue weighted by molar-refractivity contribution is 0.602. The van der Waals surface area contributed by atoms with E-state index < -0.39 is 9.84 Å². The molecule has 21 heavy (non-hydrogen) atoms. The molecule has 0 saturated carbocycles. The number of alkyl halides is 1. The highest BCUT2D eigenvalue weighted by Crippen LogP contribution is 2.32. The number of benzene rings is 2. The van der Waals surface area contributed by atoms with Gasteiger partial charge in [-0.3, -0.25) is 0 Å². The minimum Gasteiger partial charge on any atom is -0.224 e. The molecule has 0 amide bonds. The number of rotatable bonds is 4. The molecule has 2 rings (SSSR count). The predicted molar refractivity (Wildman–Crippen MR) is 90.9 cm³/mol. The summed E-state index contributed by atoms with van der Waals surface area (Å²) in [5.41, 5.74) is 3.51. The molecule has 0 radical (unpaired) electrons. The molecule has 0 bridgehead atoms. The first-order chi connectivity index (χ1) is 9.79. The number of halogens is 1. The first kappa shape index (κ1) is 16.2. The predicted octanol–water partition coefficient (Wildman–Crippen LogP) is 4.70. The Bertz CT molecular complexity index is 701. The van der Waals surface area contributed by atoms with E-state index in [1.165, 1.54) is 11.8 Å². The van der Waals surface area contributed by atoms with E-state index >= 15 is 0 Å². The lowest BCUT2D eigenvalue weighted by Gasteiger charge is -2.13. The van der Waals surface area contributed by atoms with Gasteiger partial charge >= 0.3 is 0 Å². The lowest BCUT2D eigenvalue weighted by atomic mass is 9.99. The van der Waals surface area contributed by atoms with E-state index in [4.69, 9.17) is 0 Å². The van der Waals surface area contributed by atoms with Gasteiger partial charge in [0.2, 0.25) is 0 Å². The summed E-state index contributed by atoms with van der Waals surface area (Å²) in [6, 6.07) is 15.5. The van der Waals surface area contributed by atoms with E-state index in [9.17, 15) is 8.42 Å². The van der Waals surface area contributed by atoms with Gasteiger partial charge < -0.3 is 0 Å². The van der Waals surface area contributed by atoms with E-state index in [0.717, 1.165) is 11.1 Å². The summed E-state index contributed by atoms with van der Waals surface area (Å²) >= 11 is 3.68. The molecule has 0 aliphatic carbocycles. The smallest absolute Gasteiger partial charge is 0.175 e. The van der Waals surface area contributed by atoms with E-state index in [1.807, 2.05) is 12.1 Å². The zero-order valence-corrected chi connectivity index (χ0v) is 14.8. The van der Waals surface area contributed by atoms with Crippen molar-refractivity contribution in [1.82, 2.24) is 0 Å². The third kappa shape index (κ3) is 3.95. The van der Waals surface area contributed by atoms with Crippen LogP contribution >= 0.6 is 15.9 Å². The summed E-state index contributed by atoms with van der Waals surface area (Å²) in [6.07, 6.45) is 1.22. The van der Waals surface area contributed by atoms with Crippen LogP contribution in [0.1, 0.15) is 41.3 Å². The highest BCUT2D eigenvalue weighted by atomic mass is 79.9. The van der Waals surface area contributed by atoms with Crippen molar-refractivity contribution in [2.24, 2.45) is 0 Å². The fraction of sp³-hybridized carbons (Fsp3) is 0.294. The van der Waals surface area contributed by atoms with Crippen LogP contribution < -0.4 is 0 Å². The largest absolute Gasteiger partial charge is 0.224 e. The van der Waals surface area contributed by atoms with Gasteiger partial charge in [0.25, 0.3) is 0 Å². The SMILES string of the molecule is CC(C)c1ccc(C(Br)c2ccc(S(C)(=O)=O)cc2)cc1. The first-order valence-electron chi connectivity index (χ1n) is 6.83. The Morgan fingerprint density at radius 1 is 0.810 bits per heavy atom. The lowest BCUT2D eigenvalue weighted by Crippen LogP contribution is -1.98. The molecule has 0 heterocycles. The van der Waals surface area contributed by atoms with Crippen LogP contribution in [0.4, 0.5) is 0 Å². The van der Waals surface area contributed by atoms with E-state index in [0.29, 0.717) is 10.8 Å². The van der Waals surface area contributed by atoms with Gasteiger partial charge in [-0.15, -0.1) is 0 Å². The third-order valence-electron chi connectivity index (χ3n) is 3.50. The average Bonchev–Trinajstić information content (AvgIpc) is 2.46. The fourth-order valence-corrected chi connectivity index (χ4v) is 3.37. The first-order valence-corrected chi connectivity index (χ1v) is 9.63. The molecule has 0 spiro atoms. The standard InChI is InChI=1S/C17H19BrO2S/c1-12(2)13-4-6-14(7-5-13)17(18)15-8-10-16(11-9-15)21(3,19)20/h4-12,17H,1-3H3. The van der Waals surface area contributed by atoms with Gasteiger partial charge in [-0.25, -0.2) is 8.42 Å². The number of hydrogen-bond donors (Lipinski definition) is 0. The second kappa shape index (κ2) is 6.32. The van der Waals surface area contributed by atoms with Crippen molar-refractivity contribution < 1.29 is 8.42 Å². The normalized spacial score (nSPS) is 13.4. The Hall–Kier alpha value is -1.13. The minimum atomic E-state index is -3.14. The van der Waals surface area contributed by atoms with Gasteiger partial charge in [0.05, 0.1) is 9.72 Å². The van der Waals surface area contributed by atoms with Gasteiger partial charge in [-0.1, -0.05) is 66.2 Å². The Labute approximate surface area is 135 Å². The molecule has 2 aromatic rings. The summed E-state index contributed by atoms with van der Waals surface area (Å²) in [4.78, 5) is 0.411. The van der Waals surface area contributed by atoms with Gasteiger partial charge in [0.15, 0.2) is 9.84 Å². The maximum atomic E-state index is 11.5. The van der Waals surface area contributed by atoms with Crippen LogP contribution in [0.2, 0.25) is 0 Å². The molecule has 1 atom stereocenters. The van der Waals surface area contributed by atoms with Crippen LogP contribution in [0.5, 0.6) is 0 Å². The Morgan fingerprint density at radius 2 is 1.19 bits per heavy atom. The van der Waals surface area contributed by atoms with Crippen LogP contribution in [-0.4, -0.2) is 14.7 Å². The molecule has 112 valence electrons. The van der Waals surface area contributed by atoms with Gasteiger partial charge in [-0.2, -0.15) is 0 Å². The van der Waals surface area contributed by atoms with E-state index in [1.54, 1.807) is 12.1 Å². The van der Waals surface area contributed by atoms with Crippen molar-refractivity contribution in [1.29, 1.82) is 0 Å². The monoisotopic (exact) mass is 366 g/mol. The van der Waals surface area contributed by atoms with Gasteiger partial charge in [0.1, 0.15) is 0 Å². The van der Waals surface area contributed by atoms with Gasteiger partial charge in [0, 0.05) is 6.26 Å². The maximum absolute atomic E-state index is 11.5. The van der Waals surface area contributed by atoms with Crippen molar-refractivity contribution in [3.8, 4) is 0 Å². The summed E-state index contributed by atoms with van der Waals surface area (Å²) in [5, 5.41) is 0. The average molecular weight is 367 g/mol. The fourth-order valence-electron chi connectivity index (χ4n) is 2.13. The zero-order valence-electron chi connectivity index (χ0n) is 12.4. The molecule has 4 heteroatoms. The molecule has 0 aliphatic rings. The Kier molecular flexibility index (Phi) is 4.89. The number of hydrogen-bond acceptors (Lipinski definition) is 2. The van der Waals surface area contributed by atoms with Crippen molar-refractivity contribution in [2.75, 3.05) is 6.26 Å². The van der Waals surface area contributed by atoms with Crippen molar-refractivity contribution >= 4 is 25.8 Å². The molecule has 0 aliphatic heterocycles. The summed E-state index contributed by atoms with van der Waals surface area (Å²) in [7, 11) is -3.14. The molecule has 0 saturated heterocycles. The third-order valence-corrected chi connectivity index (χ3v) is 5.68. The van der Waals surface area contributed by atoms with Crippen molar-refractivity contribution in [2.45, 2.75) is 29.5 Å². The van der Waals surface area contributed by atoms with Crippen LogP contribution in [0.25, 0.3) is 0 Å². The van der Waals surface area contributed by atoms with Crippen LogP contribution in [-0.2, 0) is 9.84 Å². The Morgan fingerprint density at radius 3 is 1.57 bits per heavy atom. The molecule has 2 nitrogen and oxygen atoms in total. The molecular weight excluding hydrogens is 348 g/mol. The second-order valence-corrected chi connectivity index (χ2v) is 8.46. The summed E-state index contributed by atoms with van der Waals surface area (Å²) < 4.78 is 22.9. The van der Waals surface area contributed by atoms with Crippen molar-refractivity contribution in [3.63, 3.8) is 0 Å². The summed E-state index contributed by atoms with van der Waals surface area (Å²) in [6.45, 7) is 4.34. The molecule has 0 N–H and O–H groups in total. The number of sulfone groups is 1. The van der Waals surface area contributed by atoms with E-state index in [-0.39, 0.29) is 4.83 Å². The van der Waals surface area contributed by atoms with Gasteiger partial charge in [-0.05, 0) is 34.7 Å². The second-order valence-electron chi connectivity index (χ2n) is 5.53. The zero-order chi connectivity index (χ0) is 15.6. The maximum Gasteiger partial charge on any atom is 0.175 e.